The Morgan fingerprint density at radius 3 is 2.48 bits per heavy atom. The van der Waals surface area contributed by atoms with Gasteiger partial charge in [0.15, 0.2) is 0 Å². The Morgan fingerprint density at radius 2 is 1.76 bits per heavy atom. The van der Waals surface area contributed by atoms with Gasteiger partial charge in [0, 0.05) is 17.0 Å². The minimum absolute atomic E-state index is 0. The molecule has 2 aromatic heterocycles. The molecule has 0 aliphatic heterocycles. The Bertz CT molecular complexity index is 1400. The van der Waals surface area contributed by atoms with Gasteiger partial charge >= 0.3 is 6.09 Å². The molecule has 1 atom stereocenters. The number of Topliss-reactive ketones (excluding diaryl/α,β-unsaturated/α-hetero) is 1. The van der Waals surface area contributed by atoms with E-state index in [2.05, 4.69) is 20.8 Å². The highest BCUT2D eigenvalue weighted by Gasteiger charge is 2.27. The van der Waals surface area contributed by atoms with Gasteiger partial charge in [-0.05, 0) is 66.9 Å². The maximum absolute atomic E-state index is 13.2. The number of benzene rings is 2. The molecule has 0 spiro atoms. The van der Waals surface area contributed by atoms with Gasteiger partial charge < -0.3 is 25.6 Å². The third kappa shape index (κ3) is 10.1. The summed E-state index contributed by atoms with van der Waals surface area (Å²) in [5.41, 5.74) is 7.82. The van der Waals surface area contributed by atoms with Crippen molar-refractivity contribution in [1.29, 1.82) is 0 Å². The number of hydrogen-bond acceptors (Lipinski definition) is 9. The molecule has 2 amide bonds. The maximum atomic E-state index is 13.2. The van der Waals surface area contributed by atoms with Gasteiger partial charge in [-0.25, -0.2) is 4.79 Å². The van der Waals surface area contributed by atoms with Crippen molar-refractivity contribution in [2.24, 2.45) is 5.73 Å². The fraction of sp³-hybridized carbons (Fsp3) is 0.300. The quantitative estimate of drug-likeness (QED) is 0.129. The highest BCUT2D eigenvalue weighted by atomic mass is 35.5. The van der Waals surface area contributed by atoms with Crippen LogP contribution >= 0.6 is 23.7 Å². The van der Waals surface area contributed by atoms with Gasteiger partial charge in [-0.2, -0.15) is 4.98 Å². The molecule has 0 fully saturated rings. The molecule has 4 aromatic rings. The summed E-state index contributed by atoms with van der Waals surface area (Å²) < 4.78 is 10.6. The van der Waals surface area contributed by atoms with Crippen LogP contribution in [0.25, 0.3) is 0 Å². The number of alkyl carbamates (subject to hydrolysis) is 1. The van der Waals surface area contributed by atoms with E-state index < -0.39 is 17.9 Å². The predicted molar refractivity (Wildman–Crippen MR) is 162 cm³/mol. The summed E-state index contributed by atoms with van der Waals surface area (Å²) in [6, 6.07) is 19.5. The van der Waals surface area contributed by atoms with Crippen LogP contribution in [0.5, 0.6) is 0 Å². The molecule has 2 aromatic carbocycles. The molecule has 0 aliphatic carbocycles. The average Bonchev–Trinajstić information content (AvgIpc) is 3.69. The number of carbonyl (C=O) groups is 3. The van der Waals surface area contributed by atoms with E-state index >= 15 is 0 Å². The molecule has 12 heteroatoms. The second kappa shape index (κ2) is 17.0. The molecule has 42 heavy (non-hydrogen) atoms. The maximum Gasteiger partial charge on any atom is 0.408 e. The normalized spacial score (nSPS) is 11.3. The van der Waals surface area contributed by atoms with Crippen molar-refractivity contribution in [1.82, 2.24) is 20.8 Å². The first-order valence-corrected chi connectivity index (χ1v) is 14.3. The van der Waals surface area contributed by atoms with Crippen LogP contribution in [0.4, 0.5) is 4.79 Å². The van der Waals surface area contributed by atoms with Gasteiger partial charge in [0.1, 0.15) is 6.61 Å². The lowest BCUT2D eigenvalue weighted by molar-refractivity contribution is 0.0896. The van der Waals surface area contributed by atoms with E-state index in [0.717, 1.165) is 17.5 Å². The fourth-order valence-corrected chi connectivity index (χ4v) is 4.76. The molecule has 0 bridgehead atoms. The molecule has 4 N–H and O–H groups in total. The minimum atomic E-state index is -0.882. The van der Waals surface area contributed by atoms with Crippen LogP contribution < -0.4 is 16.4 Å². The van der Waals surface area contributed by atoms with Gasteiger partial charge in [-0.15, -0.1) is 23.7 Å². The van der Waals surface area contributed by atoms with Crippen molar-refractivity contribution in [3.05, 3.63) is 105 Å². The van der Waals surface area contributed by atoms with Gasteiger partial charge in [0.25, 0.3) is 5.91 Å². The molecular formula is C30H34ClN5O5S. The van der Waals surface area contributed by atoms with E-state index in [-0.39, 0.29) is 43.1 Å². The number of ketones is 1. The van der Waals surface area contributed by atoms with Gasteiger partial charge in [0.2, 0.25) is 17.5 Å². The number of nitrogens with one attached hydrogen (secondary N) is 2. The molecule has 1 unspecified atom stereocenters. The van der Waals surface area contributed by atoms with Crippen molar-refractivity contribution in [2.45, 2.75) is 44.8 Å². The van der Waals surface area contributed by atoms with Crippen LogP contribution in [-0.4, -0.2) is 47.1 Å². The Balaban J connectivity index is 0.00000484. The van der Waals surface area contributed by atoms with Crippen LogP contribution in [-0.2, 0) is 24.2 Å². The minimum Gasteiger partial charge on any atom is -0.445 e. The molecule has 0 saturated heterocycles. The highest BCUT2D eigenvalue weighted by Crippen LogP contribution is 2.13. The number of nitrogens with zero attached hydrogens (tertiary/aromatic N) is 2. The molecular weight excluding hydrogens is 578 g/mol. The summed E-state index contributed by atoms with van der Waals surface area (Å²) in [6.07, 6.45) is 2.05. The van der Waals surface area contributed by atoms with Crippen LogP contribution in [0.1, 0.15) is 62.1 Å². The summed E-state index contributed by atoms with van der Waals surface area (Å²) >= 11 is 1.66. The second-order valence-corrected chi connectivity index (χ2v) is 10.4. The lowest BCUT2D eigenvalue weighted by atomic mass is 10.0. The number of thiophene rings is 1. The Hall–Kier alpha value is -4.06. The number of unbranched alkanes of at least 4 members (excludes halogenated alkanes) is 1. The molecule has 0 radical (unpaired) electrons. The first-order valence-electron chi connectivity index (χ1n) is 13.5. The van der Waals surface area contributed by atoms with Crippen molar-refractivity contribution >= 4 is 41.5 Å². The first kappa shape index (κ1) is 32.5. The summed E-state index contributed by atoms with van der Waals surface area (Å²) in [7, 11) is 0. The molecule has 2 heterocycles. The van der Waals surface area contributed by atoms with Gasteiger partial charge in [-0.1, -0.05) is 53.7 Å². The average molecular weight is 612 g/mol. The van der Waals surface area contributed by atoms with Crippen molar-refractivity contribution in [3.63, 3.8) is 0 Å². The zero-order chi connectivity index (χ0) is 28.9. The number of amides is 2. The molecule has 4 rings (SSSR count). The number of halogens is 1. The van der Waals surface area contributed by atoms with Crippen LogP contribution in [0.2, 0.25) is 0 Å². The summed E-state index contributed by atoms with van der Waals surface area (Å²) in [5, 5.41) is 11.4. The van der Waals surface area contributed by atoms with E-state index in [0.29, 0.717) is 37.9 Å². The number of nitrogens with two attached hydrogens (primary N) is 1. The molecule has 0 saturated carbocycles. The van der Waals surface area contributed by atoms with Crippen LogP contribution in [0, 0.1) is 0 Å². The van der Waals surface area contributed by atoms with E-state index in [9.17, 15) is 14.4 Å². The Kier molecular flexibility index (Phi) is 13.2. The van der Waals surface area contributed by atoms with Gasteiger partial charge in [0.05, 0.1) is 12.5 Å². The smallest absolute Gasteiger partial charge is 0.408 e. The van der Waals surface area contributed by atoms with Crippen molar-refractivity contribution < 1.29 is 23.6 Å². The Labute approximate surface area is 254 Å². The lowest BCUT2D eigenvalue weighted by Gasteiger charge is -2.16. The number of aromatic nitrogens is 2. The largest absolute Gasteiger partial charge is 0.445 e. The lowest BCUT2D eigenvalue weighted by Crippen LogP contribution is -2.41. The van der Waals surface area contributed by atoms with Crippen LogP contribution in [0.3, 0.4) is 0 Å². The molecule has 222 valence electrons. The summed E-state index contributed by atoms with van der Waals surface area (Å²) in [5.74, 6) is -0.491. The van der Waals surface area contributed by atoms with E-state index in [1.807, 2.05) is 47.8 Å². The third-order valence-corrected chi connectivity index (χ3v) is 7.20. The SMILES string of the molecule is Cl.NCCCCC(NC(=O)OCc1ccccc1)C(=O)c1noc(Cc2ccc(C(=O)NCCc3cccs3)cc2)n1. The number of carbonyl (C=O) groups excluding carboxylic acids is 3. The number of hydrogen-bond donors (Lipinski definition) is 3. The van der Waals surface area contributed by atoms with Crippen LogP contribution in [0.15, 0.2) is 76.6 Å². The second-order valence-electron chi connectivity index (χ2n) is 9.38. The predicted octanol–water partition coefficient (Wildman–Crippen LogP) is 4.72. The zero-order valence-corrected chi connectivity index (χ0v) is 24.6. The third-order valence-electron chi connectivity index (χ3n) is 6.27. The summed E-state index contributed by atoms with van der Waals surface area (Å²) in [6.45, 7) is 1.12. The molecule has 0 aliphatic rings. The fourth-order valence-electron chi connectivity index (χ4n) is 4.06. The van der Waals surface area contributed by atoms with Crippen molar-refractivity contribution in [3.8, 4) is 0 Å². The monoisotopic (exact) mass is 611 g/mol. The molecule has 10 nitrogen and oxygen atoms in total. The van der Waals surface area contributed by atoms with Gasteiger partial charge in [-0.3, -0.25) is 9.59 Å². The Morgan fingerprint density at radius 1 is 0.976 bits per heavy atom. The van der Waals surface area contributed by atoms with E-state index in [1.54, 1.807) is 35.6 Å². The van der Waals surface area contributed by atoms with E-state index in [1.165, 1.54) is 4.88 Å². The first-order chi connectivity index (χ1) is 20.0. The zero-order valence-electron chi connectivity index (χ0n) is 23.0. The highest BCUT2D eigenvalue weighted by molar-refractivity contribution is 7.09. The standard InChI is InChI=1S/C30H33N5O5S.ClH/c31-16-5-4-10-25(33-30(38)39-20-22-7-2-1-3-8-22)27(36)28-34-26(40-35-28)19-21-11-13-23(14-12-21)29(37)32-17-15-24-9-6-18-41-24;/h1-3,6-9,11-14,18,25H,4-5,10,15-17,19-20,31H2,(H,32,37)(H,33,38);1H. The topological polar surface area (TPSA) is 149 Å². The van der Waals surface area contributed by atoms with E-state index in [4.69, 9.17) is 15.0 Å². The van der Waals surface area contributed by atoms with Crippen molar-refractivity contribution in [2.75, 3.05) is 13.1 Å². The summed E-state index contributed by atoms with van der Waals surface area (Å²) in [4.78, 5) is 43.5. The number of ether oxygens (including phenoxy) is 1. The number of rotatable bonds is 15.